The molecule has 0 atom stereocenters. The molecule has 1 N–H and O–H groups in total. The Labute approximate surface area is 185 Å². The van der Waals surface area contributed by atoms with Crippen molar-refractivity contribution in [3.8, 4) is 28.6 Å². The second kappa shape index (κ2) is 8.41. The molecule has 1 aliphatic carbocycles. The van der Waals surface area contributed by atoms with Gasteiger partial charge in [-0.25, -0.2) is 9.78 Å². The SMILES string of the molecule is Cc1nc(-n2nc(C3CCCCC3)[nH]c2=O)ccc1Oc1ccnc(-c2cnn(C)c2)c1. The molecule has 4 heterocycles. The van der Waals surface area contributed by atoms with Gasteiger partial charge in [-0.1, -0.05) is 19.3 Å². The fourth-order valence-electron chi connectivity index (χ4n) is 4.13. The summed E-state index contributed by atoms with van der Waals surface area (Å²) in [5.41, 5.74) is 2.09. The number of nitrogens with zero attached hydrogens (tertiary/aromatic N) is 6. The van der Waals surface area contributed by atoms with Crippen molar-refractivity contribution in [3.05, 3.63) is 64.9 Å². The number of rotatable bonds is 5. The van der Waals surface area contributed by atoms with Crippen LogP contribution in [0.2, 0.25) is 0 Å². The quantitative estimate of drug-likeness (QED) is 0.514. The molecule has 0 aromatic carbocycles. The Kier molecular flexibility index (Phi) is 5.30. The Morgan fingerprint density at radius 3 is 2.75 bits per heavy atom. The molecule has 0 aliphatic heterocycles. The Balaban J connectivity index is 1.37. The van der Waals surface area contributed by atoms with E-state index in [0.29, 0.717) is 28.9 Å². The summed E-state index contributed by atoms with van der Waals surface area (Å²) in [6.07, 6.45) is 11.1. The maximum Gasteiger partial charge on any atom is 0.349 e. The van der Waals surface area contributed by atoms with Crippen molar-refractivity contribution in [2.45, 2.75) is 44.9 Å². The van der Waals surface area contributed by atoms with Gasteiger partial charge in [-0.2, -0.15) is 9.78 Å². The largest absolute Gasteiger partial charge is 0.455 e. The van der Waals surface area contributed by atoms with Crippen LogP contribution in [0.3, 0.4) is 0 Å². The van der Waals surface area contributed by atoms with E-state index in [-0.39, 0.29) is 5.69 Å². The molecule has 32 heavy (non-hydrogen) atoms. The van der Waals surface area contributed by atoms with E-state index in [1.807, 2.05) is 32.3 Å². The smallest absolute Gasteiger partial charge is 0.349 e. The van der Waals surface area contributed by atoms with Gasteiger partial charge in [-0.3, -0.25) is 14.6 Å². The summed E-state index contributed by atoms with van der Waals surface area (Å²) in [5.74, 6) is 2.81. The summed E-state index contributed by atoms with van der Waals surface area (Å²) in [5, 5.41) is 8.72. The van der Waals surface area contributed by atoms with Crippen molar-refractivity contribution in [2.75, 3.05) is 0 Å². The predicted molar refractivity (Wildman–Crippen MR) is 119 cm³/mol. The predicted octanol–water partition coefficient (Wildman–Crippen LogP) is 3.90. The first-order valence-corrected chi connectivity index (χ1v) is 10.9. The van der Waals surface area contributed by atoms with Crippen LogP contribution in [-0.2, 0) is 7.05 Å². The molecule has 1 aliphatic rings. The van der Waals surface area contributed by atoms with Crippen molar-refractivity contribution in [1.82, 2.24) is 34.5 Å². The summed E-state index contributed by atoms with van der Waals surface area (Å²) < 4.78 is 9.13. The zero-order chi connectivity index (χ0) is 22.1. The Bertz CT molecular complexity index is 1300. The summed E-state index contributed by atoms with van der Waals surface area (Å²) in [4.78, 5) is 24.4. The minimum Gasteiger partial charge on any atom is -0.455 e. The standard InChI is InChI=1S/C23H25N7O2/c1-15-20(32-18-10-11-24-19(12-18)17-13-25-29(2)14-17)8-9-21(26-15)30-23(31)27-22(28-30)16-6-4-3-5-7-16/h8-14,16H,3-7H2,1-2H3,(H,27,28,31). The highest BCUT2D eigenvalue weighted by atomic mass is 16.5. The minimum atomic E-state index is -0.263. The molecule has 0 saturated heterocycles. The number of pyridine rings is 2. The molecule has 0 amide bonds. The topological polar surface area (TPSA) is 104 Å². The van der Waals surface area contributed by atoms with Crippen LogP contribution in [0.4, 0.5) is 0 Å². The Morgan fingerprint density at radius 2 is 2.00 bits per heavy atom. The molecule has 0 radical (unpaired) electrons. The van der Waals surface area contributed by atoms with Crippen LogP contribution in [0, 0.1) is 6.92 Å². The molecule has 4 aromatic rings. The monoisotopic (exact) mass is 431 g/mol. The second-order valence-electron chi connectivity index (χ2n) is 8.20. The number of H-pyrrole nitrogens is 1. The van der Waals surface area contributed by atoms with Gasteiger partial charge in [-0.05, 0) is 38.0 Å². The van der Waals surface area contributed by atoms with E-state index < -0.39 is 0 Å². The zero-order valence-electron chi connectivity index (χ0n) is 18.2. The number of nitrogens with one attached hydrogen (secondary N) is 1. The van der Waals surface area contributed by atoms with Gasteiger partial charge in [0.2, 0.25) is 0 Å². The molecule has 164 valence electrons. The lowest BCUT2D eigenvalue weighted by molar-refractivity contribution is 0.428. The third-order valence-corrected chi connectivity index (χ3v) is 5.83. The zero-order valence-corrected chi connectivity index (χ0v) is 18.2. The highest BCUT2D eigenvalue weighted by Gasteiger charge is 2.21. The Morgan fingerprint density at radius 1 is 1.16 bits per heavy atom. The minimum absolute atomic E-state index is 0.263. The van der Waals surface area contributed by atoms with Crippen molar-refractivity contribution in [1.29, 1.82) is 0 Å². The summed E-state index contributed by atoms with van der Waals surface area (Å²) in [6, 6.07) is 7.21. The van der Waals surface area contributed by atoms with Gasteiger partial charge in [0.15, 0.2) is 5.82 Å². The van der Waals surface area contributed by atoms with Gasteiger partial charge in [0.1, 0.15) is 17.3 Å². The molecule has 4 aromatic heterocycles. The molecule has 1 fully saturated rings. The molecule has 5 rings (SSSR count). The maximum atomic E-state index is 12.5. The van der Waals surface area contributed by atoms with Gasteiger partial charge in [0.25, 0.3) is 0 Å². The van der Waals surface area contributed by atoms with Crippen LogP contribution < -0.4 is 10.4 Å². The van der Waals surface area contributed by atoms with E-state index in [0.717, 1.165) is 29.9 Å². The van der Waals surface area contributed by atoms with Crippen LogP contribution in [0.25, 0.3) is 17.1 Å². The molecule has 1 saturated carbocycles. The van der Waals surface area contributed by atoms with Crippen LogP contribution in [0.5, 0.6) is 11.5 Å². The van der Waals surface area contributed by atoms with Crippen LogP contribution in [0.15, 0.2) is 47.7 Å². The number of hydrogen-bond acceptors (Lipinski definition) is 6. The molecular weight excluding hydrogens is 406 g/mol. The van der Waals surface area contributed by atoms with E-state index in [2.05, 4.69) is 25.1 Å². The first kappa shape index (κ1) is 20.2. The van der Waals surface area contributed by atoms with E-state index in [9.17, 15) is 4.79 Å². The highest BCUT2D eigenvalue weighted by molar-refractivity contribution is 5.58. The second-order valence-corrected chi connectivity index (χ2v) is 8.20. The van der Waals surface area contributed by atoms with Crippen molar-refractivity contribution < 1.29 is 4.74 Å². The number of aromatic nitrogens is 7. The fraction of sp³-hybridized carbons (Fsp3) is 0.348. The van der Waals surface area contributed by atoms with Crippen molar-refractivity contribution >= 4 is 0 Å². The first-order valence-electron chi connectivity index (χ1n) is 10.9. The van der Waals surface area contributed by atoms with E-state index >= 15 is 0 Å². The average molecular weight is 432 g/mol. The molecular formula is C23H25N7O2. The number of ether oxygens (including phenoxy) is 1. The third-order valence-electron chi connectivity index (χ3n) is 5.83. The fourth-order valence-corrected chi connectivity index (χ4v) is 4.13. The van der Waals surface area contributed by atoms with Gasteiger partial charge >= 0.3 is 5.69 Å². The first-order chi connectivity index (χ1) is 15.6. The lowest BCUT2D eigenvalue weighted by Crippen LogP contribution is -2.17. The maximum absolute atomic E-state index is 12.5. The molecule has 0 unspecified atom stereocenters. The van der Waals surface area contributed by atoms with Crippen LogP contribution in [-0.4, -0.2) is 34.5 Å². The van der Waals surface area contributed by atoms with E-state index in [1.165, 1.54) is 23.9 Å². The van der Waals surface area contributed by atoms with Crippen molar-refractivity contribution in [3.63, 3.8) is 0 Å². The van der Waals surface area contributed by atoms with Crippen LogP contribution >= 0.6 is 0 Å². The van der Waals surface area contributed by atoms with Gasteiger partial charge in [0.05, 0.1) is 17.6 Å². The summed E-state index contributed by atoms with van der Waals surface area (Å²) in [7, 11) is 1.86. The van der Waals surface area contributed by atoms with Crippen LogP contribution in [0.1, 0.15) is 49.5 Å². The van der Waals surface area contributed by atoms with Gasteiger partial charge in [-0.15, -0.1) is 5.10 Å². The van der Waals surface area contributed by atoms with Crippen molar-refractivity contribution in [2.24, 2.45) is 7.05 Å². The van der Waals surface area contributed by atoms with E-state index in [1.54, 1.807) is 29.2 Å². The molecule has 9 heteroatoms. The summed E-state index contributed by atoms with van der Waals surface area (Å²) >= 11 is 0. The average Bonchev–Trinajstić information content (AvgIpc) is 3.42. The molecule has 0 spiro atoms. The number of aryl methyl sites for hydroxylation is 2. The lowest BCUT2D eigenvalue weighted by atomic mass is 9.89. The number of aromatic amines is 1. The molecule has 9 nitrogen and oxygen atoms in total. The number of hydrogen-bond donors (Lipinski definition) is 1. The third kappa shape index (κ3) is 4.05. The summed E-state index contributed by atoms with van der Waals surface area (Å²) in [6.45, 7) is 1.85. The van der Waals surface area contributed by atoms with E-state index in [4.69, 9.17) is 4.74 Å². The van der Waals surface area contributed by atoms with Gasteiger partial charge < -0.3 is 4.74 Å². The lowest BCUT2D eigenvalue weighted by Gasteiger charge is -2.18. The highest BCUT2D eigenvalue weighted by Crippen LogP contribution is 2.30. The molecule has 0 bridgehead atoms. The Hall–Kier alpha value is -3.75. The van der Waals surface area contributed by atoms with Gasteiger partial charge in [0, 0.05) is 37.0 Å². The normalized spacial score (nSPS) is 14.6.